The minimum Gasteiger partial charge on any atom is -0.349 e. The molecule has 1 N–H and O–H groups in total. The maximum absolute atomic E-state index is 13.0. The maximum atomic E-state index is 13.0. The third-order valence-electron chi connectivity index (χ3n) is 4.57. The van der Waals surface area contributed by atoms with Crippen LogP contribution in [0.5, 0.6) is 0 Å². The standard InChI is InChI=1S/C24H22FNO2/c25-21-13-11-20(12-14-21)23(27)15-16-24(28)26-22(19-9-5-2-6-10-19)17-18-7-3-1-4-8-18/h1-14,22H,15-17H2,(H,26,28)/t22-/m0/s1. The Bertz CT molecular complexity index is 908. The Morgan fingerprint density at radius 3 is 2.04 bits per heavy atom. The number of carbonyl (C=O) groups is 2. The summed E-state index contributed by atoms with van der Waals surface area (Å²) in [6.07, 6.45) is 0.848. The number of nitrogens with one attached hydrogen (secondary N) is 1. The molecule has 0 aliphatic carbocycles. The van der Waals surface area contributed by atoms with Gasteiger partial charge in [0.25, 0.3) is 0 Å². The summed E-state index contributed by atoms with van der Waals surface area (Å²) < 4.78 is 13.0. The Balaban J connectivity index is 1.62. The van der Waals surface area contributed by atoms with Crippen molar-refractivity contribution in [3.05, 3.63) is 107 Å². The Kier molecular flexibility index (Phi) is 6.68. The van der Waals surface area contributed by atoms with Gasteiger partial charge in [0.15, 0.2) is 5.78 Å². The van der Waals surface area contributed by atoms with Crippen molar-refractivity contribution < 1.29 is 14.0 Å². The molecule has 142 valence electrons. The summed E-state index contributed by atoms with van der Waals surface area (Å²) >= 11 is 0. The molecule has 3 aromatic rings. The molecular formula is C24H22FNO2. The summed E-state index contributed by atoms with van der Waals surface area (Å²) in [6, 6.07) is 25.0. The van der Waals surface area contributed by atoms with E-state index in [0.29, 0.717) is 12.0 Å². The number of amides is 1. The van der Waals surface area contributed by atoms with E-state index in [-0.39, 0.29) is 36.4 Å². The first kappa shape index (κ1) is 19.5. The molecule has 0 unspecified atom stereocenters. The van der Waals surface area contributed by atoms with Gasteiger partial charge in [0.2, 0.25) is 5.91 Å². The highest BCUT2D eigenvalue weighted by atomic mass is 19.1. The first-order valence-corrected chi connectivity index (χ1v) is 9.29. The average Bonchev–Trinajstić information content (AvgIpc) is 2.73. The summed E-state index contributed by atoms with van der Waals surface area (Å²) in [6.45, 7) is 0. The van der Waals surface area contributed by atoms with Crippen LogP contribution in [-0.2, 0) is 11.2 Å². The van der Waals surface area contributed by atoms with Gasteiger partial charge in [0.1, 0.15) is 5.82 Å². The van der Waals surface area contributed by atoms with Gasteiger partial charge in [0.05, 0.1) is 6.04 Å². The van der Waals surface area contributed by atoms with Crippen molar-refractivity contribution in [3.8, 4) is 0 Å². The van der Waals surface area contributed by atoms with Crippen molar-refractivity contribution in [2.24, 2.45) is 0 Å². The molecule has 0 bridgehead atoms. The zero-order valence-corrected chi connectivity index (χ0v) is 15.5. The summed E-state index contributed by atoms with van der Waals surface area (Å²) in [5.41, 5.74) is 2.56. The number of rotatable bonds is 8. The van der Waals surface area contributed by atoms with Crippen LogP contribution >= 0.6 is 0 Å². The number of hydrogen-bond donors (Lipinski definition) is 1. The second-order valence-corrected chi connectivity index (χ2v) is 6.65. The van der Waals surface area contributed by atoms with Crippen molar-refractivity contribution >= 4 is 11.7 Å². The lowest BCUT2D eigenvalue weighted by atomic mass is 9.98. The van der Waals surface area contributed by atoms with Gasteiger partial charge in [-0.1, -0.05) is 60.7 Å². The average molecular weight is 375 g/mol. The molecule has 0 aliphatic rings. The van der Waals surface area contributed by atoms with Crippen molar-refractivity contribution in [2.75, 3.05) is 0 Å². The minimum absolute atomic E-state index is 0.0876. The lowest BCUT2D eigenvalue weighted by Gasteiger charge is -2.19. The molecule has 0 radical (unpaired) electrons. The van der Waals surface area contributed by atoms with E-state index in [0.717, 1.165) is 11.1 Å². The quantitative estimate of drug-likeness (QED) is 0.570. The SMILES string of the molecule is O=C(CCC(=O)c1ccc(F)cc1)N[C@@H](Cc1ccccc1)c1ccccc1. The van der Waals surface area contributed by atoms with E-state index >= 15 is 0 Å². The third-order valence-corrected chi connectivity index (χ3v) is 4.57. The van der Waals surface area contributed by atoms with E-state index < -0.39 is 0 Å². The highest BCUT2D eigenvalue weighted by Crippen LogP contribution is 2.19. The smallest absolute Gasteiger partial charge is 0.220 e. The van der Waals surface area contributed by atoms with Crippen LogP contribution in [-0.4, -0.2) is 11.7 Å². The first-order chi connectivity index (χ1) is 13.6. The second kappa shape index (κ2) is 9.60. The fourth-order valence-electron chi connectivity index (χ4n) is 3.06. The van der Waals surface area contributed by atoms with Crippen LogP contribution in [0, 0.1) is 5.82 Å². The predicted octanol–water partition coefficient (Wildman–Crippen LogP) is 4.89. The number of hydrogen-bond acceptors (Lipinski definition) is 2. The van der Waals surface area contributed by atoms with Gasteiger partial charge < -0.3 is 5.32 Å². The Morgan fingerprint density at radius 2 is 1.39 bits per heavy atom. The predicted molar refractivity (Wildman–Crippen MR) is 107 cm³/mol. The second-order valence-electron chi connectivity index (χ2n) is 6.65. The van der Waals surface area contributed by atoms with E-state index in [2.05, 4.69) is 5.32 Å². The molecule has 0 aromatic heterocycles. The highest BCUT2D eigenvalue weighted by Gasteiger charge is 2.16. The largest absolute Gasteiger partial charge is 0.349 e. The Hall–Kier alpha value is -3.27. The highest BCUT2D eigenvalue weighted by molar-refractivity contribution is 5.97. The molecule has 0 heterocycles. The van der Waals surface area contributed by atoms with Gasteiger partial charge in [-0.15, -0.1) is 0 Å². The monoisotopic (exact) mass is 375 g/mol. The number of ketones is 1. The minimum atomic E-state index is -0.388. The van der Waals surface area contributed by atoms with E-state index in [1.54, 1.807) is 0 Å². The molecule has 1 amide bonds. The van der Waals surface area contributed by atoms with E-state index in [1.165, 1.54) is 24.3 Å². The lowest BCUT2D eigenvalue weighted by Crippen LogP contribution is -2.30. The van der Waals surface area contributed by atoms with Gasteiger partial charge in [-0.05, 0) is 41.8 Å². The van der Waals surface area contributed by atoms with Gasteiger partial charge in [-0.3, -0.25) is 9.59 Å². The van der Waals surface area contributed by atoms with Crippen molar-refractivity contribution in [1.82, 2.24) is 5.32 Å². The van der Waals surface area contributed by atoms with Gasteiger partial charge in [-0.2, -0.15) is 0 Å². The van der Waals surface area contributed by atoms with E-state index in [9.17, 15) is 14.0 Å². The summed E-state index contributed by atoms with van der Waals surface area (Å²) in [7, 11) is 0. The summed E-state index contributed by atoms with van der Waals surface area (Å²) in [4.78, 5) is 24.7. The fourth-order valence-corrected chi connectivity index (χ4v) is 3.06. The summed E-state index contributed by atoms with van der Waals surface area (Å²) in [5, 5.41) is 3.05. The molecule has 0 aliphatic heterocycles. The third kappa shape index (κ3) is 5.61. The van der Waals surface area contributed by atoms with Crippen molar-refractivity contribution in [1.29, 1.82) is 0 Å². The summed E-state index contributed by atoms with van der Waals surface area (Å²) in [5.74, 6) is -0.740. The number of halogens is 1. The van der Waals surface area contributed by atoms with Crippen LogP contribution in [0.4, 0.5) is 4.39 Å². The van der Waals surface area contributed by atoms with Crippen molar-refractivity contribution in [3.63, 3.8) is 0 Å². The van der Waals surface area contributed by atoms with Crippen LogP contribution in [0.2, 0.25) is 0 Å². The first-order valence-electron chi connectivity index (χ1n) is 9.29. The van der Waals surface area contributed by atoms with E-state index in [1.807, 2.05) is 60.7 Å². The molecule has 0 saturated carbocycles. The zero-order chi connectivity index (χ0) is 19.8. The molecule has 0 fully saturated rings. The molecule has 28 heavy (non-hydrogen) atoms. The number of benzene rings is 3. The Morgan fingerprint density at radius 1 is 0.786 bits per heavy atom. The van der Waals surface area contributed by atoms with Gasteiger partial charge in [0, 0.05) is 18.4 Å². The van der Waals surface area contributed by atoms with Crippen LogP contribution in [0.15, 0.2) is 84.9 Å². The maximum Gasteiger partial charge on any atom is 0.220 e. The number of Topliss-reactive ketones (excluding diaryl/α,β-unsaturated/α-hetero) is 1. The van der Waals surface area contributed by atoms with Gasteiger partial charge >= 0.3 is 0 Å². The lowest BCUT2D eigenvalue weighted by molar-refractivity contribution is -0.121. The Labute approximate surface area is 164 Å². The van der Waals surface area contributed by atoms with Gasteiger partial charge in [-0.25, -0.2) is 4.39 Å². The number of carbonyl (C=O) groups excluding carboxylic acids is 2. The van der Waals surface area contributed by atoms with Crippen LogP contribution in [0.3, 0.4) is 0 Å². The normalized spacial score (nSPS) is 11.6. The van der Waals surface area contributed by atoms with Crippen LogP contribution in [0.1, 0.15) is 40.4 Å². The molecule has 0 spiro atoms. The van der Waals surface area contributed by atoms with Crippen molar-refractivity contribution in [2.45, 2.75) is 25.3 Å². The van der Waals surface area contributed by atoms with Crippen LogP contribution in [0.25, 0.3) is 0 Å². The fraction of sp³-hybridized carbons (Fsp3) is 0.167. The van der Waals surface area contributed by atoms with E-state index in [4.69, 9.17) is 0 Å². The van der Waals surface area contributed by atoms with Crippen LogP contribution < -0.4 is 5.32 Å². The zero-order valence-electron chi connectivity index (χ0n) is 15.5. The molecule has 1 atom stereocenters. The topological polar surface area (TPSA) is 46.2 Å². The molecule has 3 rings (SSSR count). The molecular weight excluding hydrogens is 353 g/mol. The molecule has 3 nitrogen and oxygen atoms in total. The molecule has 3 aromatic carbocycles. The molecule has 0 saturated heterocycles. The molecule has 4 heteroatoms.